The van der Waals surface area contributed by atoms with E-state index in [1.165, 1.54) is 24.3 Å². The molecular formula is C29H28N2O8S. The van der Waals surface area contributed by atoms with Crippen molar-refractivity contribution in [3.8, 4) is 17.2 Å². The minimum atomic E-state index is -1.15. The number of aromatic nitrogens is 1. The minimum absolute atomic E-state index is 0.00938. The number of anilines is 1. The van der Waals surface area contributed by atoms with Crippen molar-refractivity contribution in [3.63, 3.8) is 0 Å². The number of esters is 1. The van der Waals surface area contributed by atoms with Gasteiger partial charge in [0.05, 0.1) is 30.5 Å². The average Bonchev–Trinajstić information content (AvgIpc) is 3.45. The van der Waals surface area contributed by atoms with Gasteiger partial charge in [-0.3, -0.25) is 14.5 Å². The molecule has 10 nitrogen and oxygen atoms in total. The SMILES string of the molecule is C=CCOC(=O)c1sc(N2C(=O)C(=O)C(=C(O)c3cccc(OCC)c3)C2c2ccc(O)c(OCC)c2)nc1C. The molecule has 1 atom stereocenters. The van der Waals surface area contributed by atoms with Crippen molar-refractivity contribution in [3.05, 3.63) is 82.4 Å². The van der Waals surface area contributed by atoms with Crippen LogP contribution in [0.2, 0.25) is 0 Å². The molecule has 11 heteroatoms. The summed E-state index contributed by atoms with van der Waals surface area (Å²) in [5, 5.41) is 21.8. The largest absolute Gasteiger partial charge is 0.507 e. The predicted molar refractivity (Wildman–Crippen MR) is 149 cm³/mol. The number of carbonyl (C=O) groups is 3. The van der Waals surface area contributed by atoms with E-state index in [0.717, 1.165) is 16.2 Å². The monoisotopic (exact) mass is 564 g/mol. The molecule has 0 radical (unpaired) electrons. The van der Waals surface area contributed by atoms with Crippen LogP contribution in [0.3, 0.4) is 0 Å². The van der Waals surface area contributed by atoms with Crippen molar-refractivity contribution in [2.75, 3.05) is 24.7 Å². The zero-order valence-corrected chi connectivity index (χ0v) is 23.0. The number of benzene rings is 2. The first-order valence-corrected chi connectivity index (χ1v) is 13.3. The molecule has 0 aliphatic carbocycles. The van der Waals surface area contributed by atoms with Crippen LogP contribution in [0.1, 0.15) is 46.4 Å². The Morgan fingerprint density at radius 3 is 2.60 bits per heavy atom. The zero-order chi connectivity index (χ0) is 29.0. The lowest BCUT2D eigenvalue weighted by molar-refractivity contribution is -0.132. The number of amides is 1. The van der Waals surface area contributed by atoms with Crippen LogP contribution in [0, 0.1) is 6.92 Å². The minimum Gasteiger partial charge on any atom is -0.507 e. The number of aliphatic hydroxyl groups is 1. The van der Waals surface area contributed by atoms with E-state index in [4.69, 9.17) is 14.2 Å². The second-order valence-electron chi connectivity index (χ2n) is 8.59. The second-order valence-corrected chi connectivity index (χ2v) is 9.57. The van der Waals surface area contributed by atoms with Gasteiger partial charge in [-0.1, -0.05) is 42.2 Å². The molecule has 1 unspecified atom stereocenters. The normalized spacial score (nSPS) is 16.2. The first-order chi connectivity index (χ1) is 19.2. The molecule has 3 aromatic rings. The Morgan fingerprint density at radius 2 is 1.90 bits per heavy atom. The quantitative estimate of drug-likeness (QED) is 0.116. The van der Waals surface area contributed by atoms with Crippen LogP contribution in [-0.4, -0.2) is 52.7 Å². The smallest absolute Gasteiger partial charge is 0.350 e. The number of ketones is 1. The number of aliphatic hydroxyl groups excluding tert-OH is 1. The van der Waals surface area contributed by atoms with E-state index < -0.39 is 29.5 Å². The summed E-state index contributed by atoms with van der Waals surface area (Å²) in [6.07, 6.45) is 1.43. The number of thiazole rings is 1. The third-order valence-electron chi connectivity index (χ3n) is 5.97. The maximum Gasteiger partial charge on any atom is 0.350 e. The fraction of sp³-hybridized carbons (Fsp3) is 0.241. The Labute approximate surface area is 234 Å². The van der Waals surface area contributed by atoms with E-state index in [2.05, 4.69) is 11.6 Å². The first-order valence-electron chi connectivity index (χ1n) is 12.5. The number of hydrogen-bond acceptors (Lipinski definition) is 10. The topological polar surface area (TPSA) is 135 Å². The molecule has 1 fully saturated rings. The average molecular weight is 565 g/mol. The number of rotatable bonds is 10. The van der Waals surface area contributed by atoms with E-state index in [9.17, 15) is 24.6 Å². The summed E-state index contributed by atoms with van der Waals surface area (Å²) >= 11 is 0.884. The molecule has 40 heavy (non-hydrogen) atoms. The molecule has 1 saturated heterocycles. The summed E-state index contributed by atoms with van der Waals surface area (Å²) in [5.74, 6) is -2.49. The van der Waals surface area contributed by atoms with Gasteiger partial charge in [0.25, 0.3) is 5.78 Å². The van der Waals surface area contributed by atoms with Gasteiger partial charge in [-0.15, -0.1) is 0 Å². The van der Waals surface area contributed by atoms with Gasteiger partial charge in [0, 0.05) is 5.56 Å². The molecule has 1 aliphatic rings. The fourth-order valence-electron chi connectivity index (χ4n) is 4.25. The van der Waals surface area contributed by atoms with Gasteiger partial charge in [0.1, 0.15) is 23.0 Å². The number of phenolic OH excluding ortho intramolecular Hbond substituents is 1. The van der Waals surface area contributed by atoms with Gasteiger partial charge in [-0.25, -0.2) is 9.78 Å². The third-order valence-corrected chi connectivity index (χ3v) is 7.11. The number of carbonyl (C=O) groups excluding carboxylic acids is 3. The molecule has 1 amide bonds. The molecule has 208 valence electrons. The highest BCUT2D eigenvalue weighted by Gasteiger charge is 2.48. The molecule has 0 bridgehead atoms. The van der Waals surface area contributed by atoms with Crippen LogP contribution in [-0.2, 0) is 14.3 Å². The van der Waals surface area contributed by atoms with E-state index in [0.29, 0.717) is 23.6 Å². The summed E-state index contributed by atoms with van der Waals surface area (Å²) in [7, 11) is 0. The lowest BCUT2D eigenvalue weighted by Crippen LogP contribution is -2.29. The van der Waals surface area contributed by atoms with Crippen molar-refractivity contribution in [1.29, 1.82) is 0 Å². The van der Waals surface area contributed by atoms with Gasteiger partial charge < -0.3 is 24.4 Å². The Morgan fingerprint density at radius 1 is 1.15 bits per heavy atom. The maximum atomic E-state index is 13.5. The van der Waals surface area contributed by atoms with Crippen molar-refractivity contribution in [2.45, 2.75) is 26.8 Å². The maximum absolute atomic E-state index is 13.5. The standard InChI is InChI=1S/C29H28N2O8S/c1-5-13-39-28(36)26-16(4)30-29(40-26)31-23(17-11-12-20(32)21(15-17)38-7-3)22(25(34)27(31)35)24(33)18-9-8-10-19(14-18)37-6-2/h5,8-12,14-15,23,32-33H,1,6-7,13H2,2-4H3. The van der Waals surface area contributed by atoms with Gasteiger partial charge >= 0.3 is 11.9 Å². The summed E-state index contributed by atoms with van der Waals surface area (Å²) < 4.78 is 16.2. The van der Waals surface area contributed by atoms with Crippen LogP contribution in [0.5, 0.6) is 17.2 Å². The fourth-order valence-corrected chi connectivity index (χ4v) is 5.23. The van der Waals surface area contributed by atoms with E-state index >= 15 is 0 Å². The summed E-state index contributed by atoms with van der Waals surface area (Å²) in [6.45, 7) is 9.31. The van der Waals surface area contributed by atoms with E-state index in [1.807, 2.05) is 6.92 Å². The Balaban J connectivity index is 1.92. The van der Waals surface area contributed by atoms with Crippen molar-refractivity contribution >= 4 is 39.9 Å². The lowest BCUT2D eigenvalue weighted by Gasteiger charge is -2.23. The number of aromatic hydroxyl groups is 1. The van der Waals surface area contributed by atoms with Crippen LogP contribution >= 0.6 is 11.3 Å². The molecule has 2 heterocycles. The molecule has 1 aliphatic heterocycles. The van der Waals surface area contributed by atoms with E-state index in [-0.39, 0.29) is 45.9 Å². The highest BCUT2D eigenvalue weighted by atomic mass is 32.1. The number of hydrogen-bond donors (Lipinski definition) is 2. The van der Waals surface area contributed by atoms with Gasteiger partial charge in [-0.2, -0.15) is 0 Å². The highest BCUT2D eigenvalue weighted by Crippen LogP contribution is 2.45. The number of nitrogens with zero attached hydrogens (tertiary/aromatic N) is 2. The molecule has 0 saturated carbocycles. The number of ether oxygens (including phenoxy) is 3. The molecule has 2 aromatic carbocycles. The van der Waals surface area contributed by atoms with Crippen molar-refractivity contribution in [2.24, 2.45) is 0 Å². The second kappa shape index (κ2) is 12.0. The molecule has 1 aromatic heterocycles. The number of phenols is 1. The molecular weight excluding hydrogens is 536 g/mol. The zero-order valence-electron chi connectivity index (χ0n) is 22.2. The third kappa shape index (κ3) is 5.41. The number of Topliss-reactive ketones (excluding diaryl/α,β-unsaturated/α-hetero) is 1. The highest BCUT2D eigenvalue weighted by molar-refractivity contribution is 7.17. The summed E-state index contributed by atoms with van der Waals surface area (Å²) in [4.78, 5) is 45.3. The van der Waals surface area contributed by atoms with Crippen molar-refractivity contribution in [1.82, 2.24) is 4.98 Å². The van der Waals surface area contributed by atoms with Crippen LogP contribution in [0.25, 0.3) is 5.76 Å². The first kappa shape index (κ1) is 28.4. The van der Waals surface area contributed by atoms with E-state index in [1.54, 1.807) is 38.1 Å². The Bertz CT molecular complexity index is 1510. The Hall–Kier alpha value is -4.64. The van der Waals surface area contributed by atoms with Gasteiger partial charge in [0.2, 0.25) is 0 Å². The summed E-state index contributed by atoms with van der Waals surface area (Å²) in [6, 6.07) is 9.75. The molecule has 4 rings (SSSR count). The van der Waals surface area contributed by atoms with Crippen molar-refractivity contribution < 1.29 is 38.8 Å². The molecule has 2 N–H and O–H groups in total. The van der Waals surface area contributed by atoms with Crippen LogP contribution < -0.4 is 14.4 Å². The van der Waals surface area contributed by atoms with Gasteiger partial charge in [-0.05, 0) is 50.6 Å². The molecule has 0 spiro atoms. The van der Waals surface area contributed by atoms with Crippen LogP contribution in [0.15, 0.2) is 60.7 Å². The van der Waals surface area contributed by atoms with Gasteiger partial charge in [0.15, 0.2) is 16.6 Å². The lowest BCUT2D eigenvalue weighted by atomic mass is 9.95. The Kier molecular flexibility index (Phi) is 8.54. The predicted octanol–water partition coefficient (Wildman–Crippen LogP) is 4.92. The summed E-state index contributed by atoms with van der Waals surface area (Å²) in [5.41, 5.74) is 0.739. The van der Waals surface area contributed by atoms with Crippen LogP contribution in [0.4, 0.5) is 5.13 Å². The number of aryl methyl sites for hydroxylation is 1.